The molecule has 27 heavy (non-hydrogen) atoms. The van der Waals surface area contributed by atoms with Gasteiger partial charge in [0.25, 0.3) is 0 Å². The van der Waals surface area contributed by atoms with Gasteiger partial charge in [0.2, 0.25) is 0 Å². The number of hydrogen-bond donors (Lipinski definition) is 0. The van der Waals surface area contributed by atoms with Crippen molar-refractivity contribution in [2.75, 3.05) is 0 Å². The summed E-state index contributed by atoms with van der Waals surface area (Å²) in [6.07, 6.45) is 6.56. The molecule has 4 rings (SSSR count). The van der Waals surface area contributed by atoms with E-state index in [0.29, 0.717) is 17.2 Å². The number of fused-ring (bicyclic) bond motifs is 1. The second kappa shape index (κ2) is 7.22. The minimum atomic E-state index is -0.713. The Morgan fingerprint density at radius 3 is 2.19 bits per heavy atom. The molecule has 0 N–H and O–H groups in total. The lowest BCUT2D eigenvalue weighted by molar-refractivity contribution is 0.376. The molecule has 0 aliphatic heterocycles. The predicted octanol–water partition coefficient (Wildman–Crippen LogP) is 7.38. The molecule has 0 bridgehead atoms. The minimum absolute atomic E-state index is 0.207. The first-order valence-corrected chi connectivity index (χ1v) is 9.36. The molecule has 3 aromatic carbocycles. The monoisotopic (exact) mass is 366 g/mol. The Morgan fingerprint density at radius 1 is 0.815 bits per heavy atom. The molecule has 138 valence electrons. The number of rotatable bonds is 3. The van der Waals surface area contributed by atoms with Crippen molar-refractivity contribution in [1.29, 1.82) is 0 Å². The van der Waals surface area contributed by atoms with Gasteiger partial charge in [-0.1, -0.05) is 36.4 Å². The summed E-state index contributed by atoms with van der Waals surface area (Å²) >= 11 is 0. The molecular formula is C24H21F3. The summed E-state index contributed by atoms with van der Waals surface area (Å²) in [5.74, 6) is -0.775. The Labute approximate surface area is 157 Å². The van der Waals surface area contributed by atoms with E-state index in [1.165, 1.54) is 5.56 Å². The maximum atomic E-state index is 15.0. The normalized spacial score (nSPS) is 20.0. The maximum Gasteiger partial charge on any atom is 0.138 e. The summed E-state index contributed by atoms with van der Waals surface area (Å²) in [7, 11) is 0. The second-order valence-electron chi connectivity index (χ2n) is 7.41. The SMILES string of the molecule is C=C[C@H]1CC[C@H](c2ccc3c(F)c(-c4cc(F)cc(F)c4)ccc3c2)CC1. The zero-order chi connectivity index (χ0) is 19.0. The second-order valence-corrected chi connectivity index (χ2v) is 7.41. The highest BCUT2D eigenvalue weighted by molar-refractivity contribution is 5.89. The lowest BCUT2D eigenvalue weighted by atomic mass is 9.78. The zero-order valence-corrected chi connectivity index (χ0v) is 15.0. The van der Waals surface area contributed by atoms with E-state index in [4.69, 9.17) is 0 Å². The Hall–Kier alpha value is -2.55. The van der Waals surface area contributed by atoms with E-state index in [1.54, 1.807) is 12.1 Å². The van der Waals surface area contributed by atoms with Crippen molar-refractivity contribution >= 4 is 10.8 Å². The molecule has 3 aromatic rings. The third kappa shape index (κ3) is 3.51. The van der Waals surface area contributed by atoms with Crippen molar-refractivity contribution < 1.29 is 13.2 Å². The van der Waals surface area contributed by atoms with Gasteiger partial charge in [0.05, 0.1) is 0 Å². The van der Waals surface area contributed by atoms with Crippen LogP contribution in [0.4, 0.5) is 13.2 Å². The fraction of sp³-hybridized carbons (Fsp3) is 0.250. The fourth-order valence-corrected chi connectivity index (χ4v) is 4.18. The first kappa shape index (κ1) is 17.8. The number of halogens is 3. The van der Waals surface area contributed by atoms with Gasteiger partial charge in [-0.2, -0.15) is 0 Å². The molecule has 1 aliphatic carbocycles. The molecular weight excluding hydrogens is 345 g/mol. The van der Waals surface area contributed by atoms with Gasteiger partial charge in [0.1, 0.15) is 17.5 Å². The van der Waals surface area contributed by atoms with E-state index < -0.39 is 17.5 Å². The van der Waals surface area contributed by atoms with Crippen LogP contribution in [0.1, 0.15) is 37.2 Å². The molecule has 0 spiro atoms. The lowest BCUT2D eigenvalue weighted by Gasteiger charge is -2.27. The van der Waals surface area contributed by atoms with Gasteiger partial charge in [-0.15, -0.1) is 6.58 Å². The summed E-state index contributed by atoms with van der Waals surface area (Å²) in [4.78, 5) is 0. The van der Waals surface area contributed by atoms with Crippen LogP contribution < -0.4 is 0 Å². The first-order valence-electron chi connectivity index (χ1n) is 9.36. The van der Waals surface area contributed by atoms with Gasteiger partial charge < -0.3 is 0 Å². The predicted molar refractivity (Wildman–Crippen MR) is 104 cm³/mol. The molecule has 1 saturated carbocycles. The van der Waals surface area contributed by atoms with E-state index in [2.05, 4.69) is 6.58 Å². The summed E-state index contributed by atoms with van der Waals surface area (Å²) in [5, 5.41) is 1.29. The lowest BCUT2D eigenvalue weighted by Crippen LogP contribution is -2.11. The molecule has 0 radical (unpaired) electrons. The zero-order valence-electron chi connectivity index (χ0n) is 15.0. The van der Waals surface area contributed by atoms with Crippen LogP contribution in [0.15, 0.2) is 61.2 Å². The van der Waals surface area contributed by atoms with E-state index >= 15 is 4.39 Å². The van der Waals surface area contributed by atoms with Crippen LogP contribution in [0.2, 0.25) is 0 Å². The molecule has 0 amide bonds. The van der Waals surface area contributed by atoms with Crippen molar-refractivity contribution in [1.82, 2.24) is 0 Å². The van der Waals surface area contributed by atoms with Gasteiger partial charge in [-0.3, -0.25) is 0 Å². The van der Waals surface area contributed by atoms with Gasteiger partial charge in [0.15, 0.2) is 0 Å². The molecule has 0 unspecified atom stereocenters. The van der Waals surface area contributed by atoms with Crippen LogP contribution in [0, 0.1) is 23.4 Å². The van der Waals surface area contributed by atoms with Crippen LogP contribution in [0.5, 0.6) is 0 Å². The van der Waals surface area contributed by atoms with Gasteiger partial charge in [-0.25, -0.2) is 13.2 Å². The molecule has 3 heteroatoms. The van der Waals surface area contributed by atoms with Crippen LogP contribution in [0.3, 0.4) is 0 Å². The molecule has 0 nitrogen and oxygen atoms in total. The smallest absolute Gasteiger partial charge is 0.138 e. The summed E-state index contributed by atoms with van der Waals surface area (Å²) in [5.41, 5.74) is 1.65. The van der Waals surface area contributed by atoms with Crippen molar-refractivity contribution in [3.8, 4) is 11.1 Å². The first-order chi connectivity index (χ1) is 13.0. The van der Waals surface area contributed by atoms with Crippen molar-refractivity contribution in [2.24, 2.45) is 5.92 Å². The number of benzene rings is 3. The highest BCUT2D eigenvalue weighted by atomic mass is 19.1. The Morgan fingerprint density at radius 2 is 1.52 bits per heavy atom. The molecule has 1 fully saturated rings. The summed E-state index contributed by atoms with van der Waals surface area (Å²) in [6, 6.07) is 12.3. The molecule has 1 aliphatic rings. The molecule has 0 saturated heterocycles. The van der Waals surface area contributed by atoms with E-state index in [-0.39, 0.29) is 11.1 Å². The fourth-order valence-electron chi connectivity index (χ4n) is 4.18. The van der Waals surface area contributed by atoms with Gasteiger partial charge in [-0.05, 0) is 66.2 Å². The quantitative estimate of drug-likeness (QED) is 0.424. The Kier molecular flexibility index (Phi) is 4.77. The minimum Gasteiger partial charge on any atom is -0.207 e. The van der Waals surface area contributed by atoms with Crippen LogP contribution in [0.25, 0.3) is 21.9 Å². The highest BCUT2D eigenvalue weighted by Gasteiger charge is 2.21. The van der Waals surface area contributed by atoms with Crippen molar-refractivity contribution in [2.45, 2.75) is 31.6 Å². The van der Waals surface area contributed by atoms with Crippen molar-refractivity contribution in [3.05, 3.63) is 84.2 Å². The molecule has 0 aromatic heterocycles. The van der Waals surface area contributed by atoms with E-state index in [1.807, 2.05) is 24.3 Å². The maximum absolute atomic E-state index is 15.0. The summed E-state index contributed by atoms with van der Waals surface area (Å²) in [6.45, 7) is 3.89. The van der Waals surface area contributed by atoms with E-state index in [9.17, 15) is 8.78 Å². The average Bonchev–Trinajstić information content (AvgIpc) is 2.67. The van der Waals surface area contributed by atoms with Gasteiger partial charge in [0, 0.05) is 17.0 Å². The topological polar surface area (TPSA) is 0 Å². The molecule has 0 heterocycles. The molecule has 0 atom stereocenters. The van der Waals surface area contributed by atoms with Crippen LogP contribution in [-0.4, -0.2) is 0 Å². The number of allylic oxidation sites excluding steroid dienone is 1. The van der Waals surface area contributed by atoms with Crippen LogP contribution in [-0.2, 0) is 0 Å². The third-order valence-corrected chi connectivity index (χ3v) is 5.73. The third-order valence-electron chi connectivity index (χ3n) is 5.73. The average molecular weight is 366 g/mol. The largest absolute Gasteiger partial charge is 0.207 e. The Bertz CT molecular complexity index is 978. The van der Waals surface area contributed by atoms with Gasteiger partial charge >= 0.3 is 0 Å². The standard InChI is InChI=1S/C24H21F3/c1-2-15-3-5-16(6-4-15)17-7-9-22-18(11-17)8-10-23(24(22)27)19-12-20(25)14-21(26)13-19/h2,7-16H,1,3-6H2/t15-,16-. The van der Waals surface area contributed by atoms with E-state index in [0.717, 1.165) is 49.3 Å². The Balaban J connectivity index is 1.69. The summed E-state index contributed by atoms with van der Waals surface area (Å²) < 4.78 is 42.0. The number of hydrogen-bond acceptors (Lipinski definition) is 0. The van der Waals surface area contributed by atoms with Crippen LogP contribution >= 0.6 is 0 Å². The highest BCUT2D eigenvalue weighted by Crippen LogP contribution is 2.38. The van der Waals surface area contributed by atoms with Crippen molar-refractivity contribution in [3.63, 3.8) is 0 Å².